The summed E-state index contributed by atoms with van der Waals surface area (Å²) >= 11 is 5.40. The fourth-order valence-corrected chi connectivity index (χ4v) is 4.96. The minimum atomic E-state index is -0.521. The van der Waals surface area contributed by atoms with Gasteiger partial charge in [0.25, 0.3) is 11.6 Å². The van der Waals surface area contributed by atoms with Crippen molar-refractivity contribution in [2.45, 2.75) is 26.7 Å². The van der Waals surface area contributed by atoms with Crippen molar-refractivity contribution in [1.29, 1.82) is 0 Å². The molecule has 0 aliphatic carbocycles. The predicted molar refractivity (Wildman–Crippen MR) is 148 cm³/mol. The van der Waals surface area contributed by atoms with Gasteiger partial charge in [-0.15, -0.1) is 0 Å². The summed E-state index contributed by atoms with van der Waals surface area (Å²) in [6.07, 6.45) is 1.99. The average molecular weight is 525 g/mol. The van der Waals surface area contributed by atoms with E-state index in [1.165, 1.54) is 6.07 Å². The van der Waals surface area contributed by atoms with Crippen molar-refractivity contribution in [3.05, 3.63) is 58.1 Å². The first-order chi connectivity index (χ1) is 17.7. The molecule has 4 rings (SSSR count). The number of nitrogens with one attached hydrogen (secondary N) is 2. The summed E-state index contributed by atoms with van der Waals surface area (Å²) in [5.74, 6) is -0.394. The van der Waals surface area contributed by atoms with Gasteiger partial charge in [0.1, 0.15) is 5.69 Å². The van der Waals surface area contributed by atoms with E-state index in [-0.39, 0.29) is 28.2 Å². The molecule has 2 N–H and O–H groups in total. The third-order valence-corrected chi connectivity index (χ3v) is 6.89. The number of rotatable bonds is 6. The minimum absolute atomic E-state index is 0.0284. The summed E-state index contributed by atoms with van der Waals surface area (Å²) in [6.45, 7) is 7.99. The van der Waals surface area contributed by atoms with Gasteiger partial charge in [-0.05, 0) is 49.3 Å². The number of nitrogens with zero attached hydrogens (tertiary/aromatic N) is 4. The van der Waals surface area contributed by atoms with Crippen LogP contribution in [0.2, 0.25) is 0 Å². The predicted octanol–water partition coefficient (Wildman–Crippen LogP) is 3.63. The molecule has 0 atom stereocenters. The molecule has 2 heterocycles. The molecule has 2 aliphatic heterocycles. The molecule has 2 fully saturated rings. The lowest BCUT2D eigenvalue weighted by Gasteiger charge is -2.37. The summed E-state index contributed by atoms with van der Waals surface area (Å²) in [5.41, 5.74) is 2.25. The second-order valence-corrected chi connectivity index (χ2v) is 9.96. The Morgan fingerprint density at radius 3 is 2.24 bits per heavy atom. The molecular formula is C26H32N6O4S. The van der Waals surface area contributed by atoms with Crippen molar-refractivity contribution in [1.82, 2.24) is 10.2 Å². The lowest BCUT2D eigenvalue weighted by Crippen LogP contribution is -2.50. The largest absolute Gasteiger partial charge is 0.366 e. The topological polar surface area (TPSA) is 111 Å². The Morgan fingerprint density at radius 1 is 0.946 bits per heavy atom. The summed E-state index contributed by atoms with van der Waals surface area (Å²) in [4.78, 5) is 42.4. The van der Waals surface area contributed by atoms with Crippen LogP contribution in [0, 0.1) is 16.0 Å². The fourth-order valence-electron chi connectivity index (χ4n) is 4.75. The number of hydrogen-bond acceptors (Lipinski definition) is 7. The van der Waals surface area contributed by atoms with Crippen LogP contribution in [0.1, 0.15) is 37.0 Å². The summed E-state index contributed by atoms with van der Waals surface area (Å²) in [6, 6.07) is 12.2. The Morgan fingerprint density at radius 2 is 1.59 bits per heavy atom. The van der Waals surface area contributed by atoms with Crippen molar-refractivity contribution in [2.75, 3.05) is 54.4 Å². The number of carbonyl (C=O) groups is 2. The molecule has 0 saturated carbocycles. The van der Waals surface area contributed by atoms with Gasteiger partial charge in [-0.2, -0.15) is 0 Å². The Bertz CT molecular complexity index is 1190. The number of benzene rings is 2. The van der Waals surface area contributed by atoms with Crippen LogP contribution in [-0.4, -0.2) is 66.0 Å². The molecule has 11 heteroatoms. The van der Waals surface area contributed by atoms with Gasteiger partial charge in [0, 0.05) is 56.8 Å². The van der Waals surface area contributed by atoms with Crippen LogP contribution in [0.3, 0.4) is 0 Å². The van der Waals surface area contributed by atoms with Gasteiger partial charge in [-0.25, -0.2) is 0 Å². The van der Waals surface area contributed by atoms with Gasteiger partial charge in [0.15, 0.2) is 5.11 Å². The quantitative estimate of drug-likeness (QED) is 0.335. The number of nitro benzene ring substituents is 1. The fraction of sp³-hybridized carbons (Fsp3) is 0.423. The number of amides is 2. The second kappa shape index (κ2) is 11.5. The maximum Gasteiger partial charge on any atom is 0.293 e. The number of para-hydroxylation sites is 2. The Labute approximate surface area is 221 Å². The van der Waals surface area contributed by atoms with E-state index in [9.17, 15) is 19.7 Å². The van der Waals surface area contributed by atoms with Gasteiger partial charge in [0.2, 0.25) is 5.91 Å². The van der Waals surface area contributed by atoms with Crippen molar-refractivity contribution < 1.29 is 14.5 Å². The van der Waals surface area contributed by atoms with Crippen LogP contribution in [0.25, 0.3) is 0 Å². The molecular weight excluding hydrogens is 492 g/mol. The average Bonchev–Trinajstić information content (AvgIpc) is 3.43. The van der Waals surface area contributed by atoms with Crippen molar-refractivity contribution in [3.63, 3.8) is 0 Å². The third kappa shape index (κ3) is 6.16. The maximum atomic E-state index is 12.9. The van der Waals surface area contributed by atoms with Gasteiger partial charge in [-0.1, -0.05) is 26.0 Å². The molecule has 10 nitrogen and oxygen atoms in total. The molecule has 0 aromatic heterocycles. The molecule has 2 aliphatic rings. The number of carbonyl (C=O) groups excluding carboxylic acids is 2. The maximum absolute atomic E-state index is 12.9. The van der Waals surface area contributed by atoms with Crippen LogP contribution in [0.4, 0.5) is 22.7 Å². The molecule has 0 unspecified atom stereocenters. The van der Waals surface area contributed by atoms with Crippen LogP contribution >= 0.6 is 12.2 Å². The first-order valence-corrected chi connectivity index (χ1v) is 12.9. The highest BCUT2D eigenvalue weighted by molar-refractivity contribution is 7.80. The number of piperazine rings is 1. The van der Waals surface area contributed by atoms with Gasteiger partial charge < -0.3 is 20.0 Å². The number of thiocarbonyl (C=S) groups is 1. The van der Waals surface area contributed by atoms with E-state index in [2.05, 4.69) is 15.5 Å². The molecule has 2 saturated heterocycles. The Balaban J connectivity index is 1.41. The number of hydrogen-bond donors (Lipinski definition) is 2. The zero-order chi connectivity index (χ0) is 26.5. The Hall–Kier alpha value is -3.73. The zero-order valence-electron chi connectivity index (χ0n) is 21.1. The van der Waals surface area contributed by atoms with Crippen molar-refractivity contribution >= 4 is 51.9 Å². The SMILES string of the molecule is CC(C)C(=O)N1CCN(c2ccccc2NC(=S)NC(=O)c2ccc(N3CCCC3)c([N+](=O)[O-])c2)CC1. The van der Waals surface area contributed by atoms with Gasteiger partial charge in [0.05, 0.1) is 16.3 Å². The van der Waals surface area contributed by atoms with Crippen molar-refractivity contribution in [3.8, 4) is 0 Å². The van der Waals surface area contributed by atoms with Crippen LogP contribution in [0.15, 0.2) is 42.5 Å². The molecule has 0 radical (unpaired) electrons. The molecule has 37 heavy (non-hydrogen) atoms. The highest BCUT2D eigenvalue weighted by atomic mass is 32.1. The molecule has 196 valence electrons. The van der Waals surface area contributed by atoms with Gasteiger partial charge >= 0.3 is 0 Å². The van der Waals surface area contributed by atoms with Crippen LogP contribution in [-0.2, 0) is 4.79 Å². The standard InChI is InChI=1S/C26H32N6O4S/c1-18(2)25(34)31-15-13-30(14-16-31)21-8-4-3-7-20(21)27-26(37)28-24(33)19-9-10-22(23(17-19)32(35)36)29-11-5-6-12-29/h3-4,7-10,17-18H,5-6,11-16H2,1-2H3,(H2,27,28,33,37). The van der Waals surface area contributed by atoms with E-state index in [0.717, 1.165) is 37.3 Å². The third-order valence-electron chi connectivity index (χ3n) is 6.69. The molecule has 2 aromatic rings. The summed E-state index contributed by atoms with van der Waals surface area (Å²) in [5, 5.41) is 17.5. The highest BCUT2D eigenvalue weighted by Crippen LogP contribution is 2.32. The molecule has 2 aromatic carbocycles. The minimum Gasteiger partial charge on any atom is -0.366 e. The van der Waals surface area contributed by atoms with Crippen LogP contribution < -0.4 is 20.4 Å². The molecule has 2 amide bonds. The van der Waals surface area contributed by atoms with E-state index in [4.69, 9.17) is 12.2 Å². The van der Waals surface area contributed by atoms with Crippen molar-refractivity contribution in [2.24, 2.45) is 5.92 Å². The van der Waals surface area contributed by atoms with Gasteiger partial charge in [-0.3, -0.25) is 25.0 Å². The molecule has 0 bridgehead atoms. The van der Waals surface area contributed by atoms with E-state index in [0.29, 0.717) is 31.9 Å². The monoisotopic (exact) mass is 524 g/mol. The second-order valence-electron chi connectivity index (χ2n) is 9.55. The van der Waals surface area contributed by atoms with E-state index < -0.39 is 10.8 Å². The van der Waals surface area contributed by atoms with E-state index in [1.807, 2.05) is 47.9 Å². The lowest BCUT2D eigenvalue weighted by molar-refractivity contribution is -0.384. The normalized spacial score (nSPS) is 15.6. The summed E-state index contributed by atoms with van der Waals surface area (Å²) < 4.78 is 0. The van der Waals surface area contributed by atoms with E-state index >= 15 is 0 Å². The van der Waals surface area contributed by atoms with E-state index in [1.54, 1.807) is 12.1 Å². The first kappa shape index (κ1) is 26.3. The smallest absolute Gasteiger partial charge is 0.293 e. The lowest BCUT2D eigenvalue weighted by atomic mass is 10.1. The van der Waals surface area contributed by atoms with Crippen LogP contribution in [0.5, 0.6) is 0 Å². The first-order valence-electron chi connectivity index (χ1n) is 12.5. The molecule has 0 spiro atoms. The zero-order valence-corrected chi connectivity index (χ0v) is 21.9. The number of anilines is 3. The number of nitro groups is 1. The highest BCUT2D eigenvalue weighted by Gasteiger charge is 2.26. The Kier molecular flexibility index (Phi) is 8.22. The summed E-state index contributed by atoms with van der Waals surface area (Å²) in [7, 11) is 0.